The second kappa shape index (κ2) is 15.2. The van der Waals surface area contributed by atoms with Gasteiger partial charge < -0.3 is 27.9 Å². The van der Waals surface area contributed by atoms with Gasteiger partial charge in [0.25, 0.3) is 0 Å². The maximum absolute atomic E-state index is 13.6. The average Bonchev–Trinajstić information content (AvgIpc) is 3.79. The van der Waals surface area contributed by atoms with Crippen molar-refractivity contribution < 1.29 is 56.6 Å². The molecule has 0 bridgehead atoms. The van der Waals surface area contributed by atoms with Gasteiger partial charge in [0.2, 0.25) is 29.0 Å². The van der Waals surface area contributed by atoms with Crippen LogP contribution in [-0.4, -0.2) is 131 Å². The van der Waals surface area contributed by atoms with Crippen LogP contribution in [0.2, 0.25) is 0 Å². The summed E-state index contributed by atoms with van der Waals surface area (Å²) in [6.07, 6.45) is 2.63. The van der Waals surface area contributed by atoms with Crippen LogP contribution in [0.3, 0.4) is 0 Å². The predicted octanol–water partition coefficient (Wildman–Crippen LogP) is 2.11. The molecule has 0 N–H and O–H groups in total. The monoisotopic (exact) mass is 765 g/mol. The van der Waals surface area contributed by atoms with Crippen molar-refractivity contribution in [1.29, 1.82) is 0 Å². The molecule has 0 aromatic carbocycles. The summed E-state index contributed by atoms with van der Waals surface area (Å²) in [5.74, 6) is -4.60. The first-order chi connectivity index (χ1) is 27.2. The predicted molar refractivity (Wildman–Crippen MR) is 188 cm³/mol. The van der Waals surface area contributed by atoms with Gasteiger partial charge in [-0.25, -0.2) is 9.59 Å². The molecular formula is C39H35N5O12. The van der Waals surface area contributed by atoms with Gasteiger partial charge in [-0.05, 0) is 31.2 Å². The number of carbonyl (C=O) groups is 7. The summed E-state index contributed by atoms with van der Waals surface area (Å²) in [6, 6.07) is 6.03. The fraction of sp³-hybridized carbons (Fsp3) is 0.359. The minimum atomic E-state index is -0.897. The molecule has 0 saturated carbocycles. The zero-order valence-electron chi connectivity index (χ0n) is 30.3. The quantitative estimate of drug-likeness (QED) is 0.183. The normalized spacial score (nSPS) is 16.9. The van der Waals surface area contributed by atoms with Crippen molar-refractivity contribution in [3.63, 3.8) is 0 Å². The Bertz CT molecular complexity index is 2310. The van der Waals surface area contributed by atoms with Crippen LogP contribution in [-0.2, 0) is 32.1 Å². The van der Waals surface area contributed by atoms with Crippen molar-refractivity contribution >= 4 is 41.0 Å². The van der Waals surface area contributed by atoms with E-state index in [2.05, 4.69) is 9.97 Å². The van der Waals surface area contributed by atoms with Crippen molar-refractivity contribution in [2.24, 2.45) is 0 Å². The van der Waals surface area contributed by atoms with Gasteiger partial charge in [-0.1, -0.05) is 0 Å². The first-order valence-corrected chi connectivity index (χ1v) is 18.2. The summed E-state index contributed by atoms with van der Waals surface area (Å²) in [6.45, 7) is 4.90. The summed E-state index contributed by atoms with van der Waals surface area (Å²) in [5, 5.41) is 0. The molecule has 0 unspecified atom stereocenters. The van der Waals surface area contributed by atoms with Crippen LogP contribution in [0, 0.1) is 0 Å². The van der Waals surface area contributed by atoms with Gasteiger partial charge in [0.05, 0.1) is 61.6 Å². The molecule has 4 aromatic rings. The first kappa shape index (κ1) is 36.8. The second-order valence-electron chi connectivity index (χ2n) is 13.5. The molecule has 6 heterocycles. The number of ketones is 4. The molecule has 8 rings (SSSR count). The third-order valence-corrected chi connectivity index (χ3v) is 10.2. The van der Waals surface area contributed by atoms with Crippen molar-refractivity contribution in [2.45, 2.75) is 26.4 Å². The van der Waals surface area contributed by atoms with Gasteiger partial charge in [-0.3, -0.25) is 43.7 Å². The van der Waals surface area contributed by atoms with Crippen molar-refractivity contribution in [3.8, 4) is 0 Å². The van der Waals surface area contributed by atoms with Crippen LogP contribution in [0.5, 0.6) is 0 Å². The van der Waals surface area contributed by atoms with E-state index < -0.39 is 35.1 Å². The highest BCUT2D eigenvalue weighted by Gasteiger charge is 2.43. The number of morpholine rings is 1. The fourth-order valence-electron chi connectivity index (χ4n) is 7.37. The van der Waals surface area contributed by atoms with Crippen molar-refractivity contribution in [1.82, 2.24) is 24.7 Å². The number of hydrogen-bond acceptors (Lipinski definition) is 16. The third kappa shape index (κ3) is 6.52. The highest BCUT2D eigenvalue weighted by molar-refractivity contribution is 6.30. The molecule has 4 aliphatic rings. The van der Waals surface area contributed by atoms with E-state index in [1.807, 2.05) is 9.80 Å². The number of amides is 1. The number of rotatable bonds is 10. The van der Waals surface area contributed by atoms with Gasteiger partial charge in [0, 0.05) is 51.7 Å². The Morgan fingerprint density at radius 3 is 1.70 bits per heavy atom. The van der Waals surface area contributed by atoms with Gasteiger partial charge in [0.1, 0.15) is 40.6 Å². The lowest BCUT2D eigenvalue weighted by atomic mass is 9.89. The van der Waals surface area contributed by atoms with Gasteiger partial charge in [0.15, 0.2) is 11.5 Å². The van der Waals surface area contributed by atoms with Gasteiger partial charge >= 0.3 is 11.9 Å². The van der Waals surface area contributed by atoms with E-state index in [4.69, 9.17) is 23.0 Å². The Balaban J connectivity index is 0.919. The minimum absolute atomic E-state index is 0.0367. The number of nitrogens with zero attached hydrogens (tertiary/aromatic N) is 5. The average molecular weight is 766 g/mol. The van der Waals surface area contributed by atoms with Crippen molar-refractivity contribution in [3.05, 3.63) is 104 Å². The van der Waals surface area contributed by atoms with Crippen LogP contribution in [0.4, 0.5) is 0 Å². The van der Waals surface area contributed by atoms with E-state index in [9.17, 15) is 33.6 Å². The Kier molecular flexibility index (Phi) is 9.96. The van der Waals surface area contributed by atoms with Crippen LogP contribution in [0.25, 0.3) is 0 Å². The first-order valence-electron chi connectivity index (χ1n) is 18.2. The molecular weight excluding hydrogens is 730 g/mol. The number of carbonyl (C=O) groups excluding carboxylic acids is 7. The Hall–Kier alpha value is -6.17. The maximum Gasteiger partial charge on any atom is 0.342 e. The zero-order chi connectivity index (χ0) is 39.1. The number of aromatic nitrogens is 2. The Morgan fingerprint density at radius 1 is 0.679 bits per heavy atom. The summed E-state index contributed by atoms with van der Waals surface area (Å²) in [4.78, 5) is 107. The zero-order valence-corrected chi connectivity index (χ0v) is 30.3. The SMILES string of the molecule is CCOC(=O)c1c(CN2CCN(C(=O)CCOC(=O)c3c(CN4CCOCC4)oc4c3C(=O)c3ncccc3C4=O)CC2)oc2c1C(=O)c1ncccc1C2=O. The number of hydrogen-bond donors (Lipinski definition) is 0. The lowest BCUT2D eigenvalue weighted by Crippen LogP contribution is -2.48. The highest BCUT2D eigenvalue weighted by Crippen LogP contribution is 2.35. The minimum Gasteiger partial charge on any atom is -0.462 e. The Labute approximate surface area is 318 Å². The highest BCUT2D eigenvalue weighted by atomic mass is 16.5. The lowest BCUT2D eigenvalue weighted by molar-refractivity contribution is -0.133. The van der Waals surface area contributed by atoms with E-state index in [1.165, 1.54) is 36.7 Å². The molecule has 4 aromatic heterocycles. The van der Waals surface area contributed by atoms with E-state index in [0.717, 1.165) is 0 Å². The molecule has 2 saturated heterocycles. The molecule has 17 heteroatoms. The number of pyridine rings is 2. The number of ether oxygens (including phenoxy) is 3. The molecule has 56 heavy (non-hydrogen) atoms. The fourth-order valence-corrected chi connectivity index (χ4v) is 7.37. The standard InChI is InChI=1S/C39H35N5O12/c1-2-53-38(50)26-23(55-36-28(26)34(48)30-21(32(36)46)5-3-8-40-30)19-42-10-12-44(13-11-42)25(45)7-16-54-39(51)27-24(20-43-14-17-52-18-15-43)56-37-29(27)35(49)31-22(33(37)47)6-4-9-41-31/h3-6,8-9H,2,7,10-20H2,1H3. The van der Waals surface area contributed by atoms with E-state index in [0.29, 0.717) is 39.4 Å². The largest absolute Gasteiger partial charge is 0.462 e. The summed E-state index contributed by atoms with van der Waals surface area (Å²) < 4.78 is 28.1. The Morgan fingerprint density at radius 2 is 1.18 bits per heavy atom. The molecule has 1 amide bonds. The van der Waals surface area contributed by atoms with Gasteiger partial charge in [-0.2, -0.15) is 0 Å². The molecule has 2 fully saturated rings. The topological polar surface area (TPSA) is 209 Å². The molecule has 0 radical (unpaired) electrons. The number of piperazine rings is 1. The van der Waals surface area contributed by atoms with Crippen LogP contribution in [0.1, 0.15) is 110 Å². The van der Waals surface area contributed by atoms with E-state index in [1.54, 1.807) is 11.8 Å². The summed E-state index contributed by atoms with van der Waals surface area (Å²) in [7, 11) is 0. The summed E-state index contributed by atoms with van der Waals surface area (Å²) >= 11 is 0. The van der Waals surface area contributed by atoms with Gasteiger partial charge in [-0.15, -0.1) is 0 Å². The van der Waals surface area contributed by atoms with Crippen LogP contribution in [0.15, 0.2) is 45.5 Å². The van der Waals surface area contributed by atoms with Crippen LogP contribution < -0.4 is 0 Å². The number of fused-ring (bicyclic) bond motifs is 4. The van der Waals surface area contributed by atoms with Crippen molar-refractivity contribution in [2.75, 3.05) is 65.7 Å². The number of esters is 2. The lowest BCUT2D eigenvalue weighted by Gasteiger charge is -2.34. The molecule has 2 aliphatic carbocycles. The molecule has 0 atom stereocenters. The smallest absolute Gasteiger partial charge is 0.342 e. The molecule has 0 spiro atoms. The maximum atomic E-state index is 13.6. The summed E-state index contributed by atoms with van der Waals surface area (Å²) in [5.41, 5.74) is -0.620. The van der Waals surface area contributed by atoms with E-state index >= 15 is 0 Å². The third-order valence-electron chi connectivity index (χ3n) is 10.2. The molecule has 17 nitrogen and oxygen atoms in total. The number of furan rings is 2. The molecule has 288 valence electrons. The second-order valence-corrected chi connectivity index (χ2v) is 13.5. The molecule has 2 aliphatic heterocycles. The van der Waals surface area contributed by atoms with E-state index in [-0.39, 0.29) is 120 Å². The van der Waals surface area contributed by atoms with Crippen LogP contribution >= 0.6 is 0 Å².